The van der Waals surface area contributed by atoms with Crippen LogP contribution in [0, 0.1) is 11.7 Å². The molecule has 0 bridgehead atoms. The lowest BCUT2D eigenvalue weighted by atomic mass is 9.88. The van der Waals surface area contributed by atoms with Crippen LogP contribution in [-0.4, -0.2) is 43.5 Å². The fourth-order valence-corrected chi connectivity index (χ4v) is 4.90. The Labute approximate surface area is 210 Å². The molecule has 0 spiro atoms. The largest absolute Gasteiger partial charge is 0.495 e. The Morgan fingerprint density at radius 1 is 1.03 bits per heavy atom. The van der Waals surface area contributed by atoms with E-state index in [0.29, 0.717) is 66.3 Å². The van der Waals surface area contributed by atoms with E-state index < -0.39 is 0 Å². The lowest BCUT2D eigenvalue weighted by Crippen LogP contribution is -2.39. The molecular formula is C29H31FN2O4. The van der Waals surface area contributed by atoms with Gasteiger partial charge in [0.05, 0.1) is 30.7 Å². The molecule has 1 aliphatic rings. The maximum absolute atomic E-state index is 13.8. The summed E-state index contributed by atoms with van der Waals surface area (Å²) in [5.41, 5.74) is 3.05. The van der Waals surface area contributed by atoms with Crippen LogP contribution in [-0.2, 0) is 6.61 Å². The van der Waals surface area contributed by atoms with E-state index >= 15 is 0 Å². The van der Waals surface area contributed by atoms with Crippen LogP contribution < -0.4 is 14.5 Å². The number of methoxy groups -OCH3 is 1. The summed E-state index contributed by atoms with van der Waals surface area (Å²) >= 11 is 0. The number of aliphatic hydroxyl groups excluding tert-OH is 1. The SMILES string of the molecule is CCN(C(=O)c1cccc(CO)c1N1CCC(C(=O)c2ccc(F)cc2)CC1)c1ccccc1OC. The van der Waals surface area contributed by atoms with E-state index in [2.05, 4.69) is 4.90 Å². The normalized spacial score (nSPS) is 13.9. The summed E-state index contributed by atoms with van der Waals surface area (Å²) in [5, 5.41) is 10.1. The highest BCUT2D eigenvalue weighted by molar-refractivity contribution is 6.10. The minimum absolute atomic E-state index is 0.00900. The average Bonchev–Trinajstić information content (AvgIpc) is 2.93. The van der Waals surface area contributed by atoms with Crippen molar-refractivity contribution < 1.29 is 23.8 Å². The first kappa shape index (κ1) is 25.4. The predicted molar refractivity (Wildman–Crippen MR) is 138 cm³/mol. The number of carbonyl (C=O) groups is 2. The molecule has 1 saturated heterocycles. The number of ketones is 1. The number of benzene rings is 3. The van der Waals surface area contributed by atoms with Gasteiger partial charge in [-0.25, -0.2) is 4.39 Å². The van der Waals surface area contributed by atoms with Gasteiger partial charge in [-0.15, -0.1) is 0 Å². The number of carbonyl (C=O) groups excluding carboxylic acids is 2. The third kappa shape index (κ3) is 5.11. The first-order chi connectivity index (χ1) is 17.5. The van der Waals surface area contributed by atoms with Crippen LogP contribution in [0.1, 0.15) is 46.0 Å². The Morgan fingerprint density at radius 3 is 2.36 bits per heavy atom. The van der Waals surface area contributed by atoms with Crippen molar-refractivity contribution in [2.45, 2.75) is 26.4 Å². The number of hydrogen-bond acceptors (Lipinski definition) is 5. The molecule has 1 aliphatic heterocycles. The monoisotopic (exact) mass is 490 g/mol. The molecule has 1 fully saturated rings. The van der Waals surface area contributed by atoms with Gasteiger partial charge in [0.15, 0.2) is 5.78 Å². The van der Waals surface area contributed by atoms with Gasteiger partial charge in [-0.3, -0.25) is 9.59 Å². The van der Waals surface area contributed by atoms with Gasteiger partial charge < -0.3 is 19.6 Å². The Balaban J connectivity index is 1.60. The van der Waals surface area contributed by atoms with Crippen molar-refractivity contribution in [3.8, 4) is 5.75 Å². The van der Waals surface area contributed by atoms with Gasteiger partial charge in [-0.1, -0.05) is 24.3 Å². The number of halogens is 1. The van der Waals surface area contributed by atoms with Gasteiger partial charge in [0.1, 0.15) is 11.6 Å². The minimum Gasteiger partial charge on any atom is -0.495 e. The van der Waals surface area contributed by atoms with Crippen molar-refractivity contribution in [1.29, 1.82) is 0 Å². The van der Waals surface area contributed by atoms with Crippen LogP contribution in [0.2, 0.25) is 0 Å². The van der Waals surface area contributed by atoms with E-state index in [9.17, 15) is 19.1 Å². The predicted octanol–water partition coefficient (Wildman–Crippen LogP) is 5.09. The zero-order valence-electron chi connectivity index (χ0n) is 20.6. The maximum Gasteiger partial charge on any atom is 0.260 e. The molecule has 0 aliphatic carbocycles. The lowest BCUT2D eigenvalue weighted by molar-refractivity contribution is 0.0899. The van der Waals surface area contributed by atoms with E-state index in [1.54, 1.807) is 24.1 Å². The molecule has 1 amide bonds. The van der Waals surface area contributed by atoms with Crippen LogP contribution in [0.4, 0.5) is 15.8 Å². The number of rotatable bonds is 8. The second kappa shape index (κ2) is 11.4. The zero-order valence-corrected chi connectivity index (χ0v) is 20.6. The number of ether oxygens (including phenoxy) is 1. The minimum atomic E-state index is -0.367. The molecule has 7 heteroatoms. The van der Waals surface area contributed by atoms with Crippen molar-refractivity contribution in [3.05, 3.63) is 89.2 Å². The van der Waals surface area contributed by atoms with Gasteiger partial charge in [0.2, 0.25) is 0 Å². The van der Waals surface area contributed by atoms with E-state index in [1.165, 1.54) is 24.3 Å². The summed E-state index contributed by atoms with van der Waals surface area (Å²) in [6.45, 7) is 3.28. The lowest BCUT2D eigenvalue weighted by Gasteiger charge is -2.36. The van der Waals surface area contributed by atoms with Gasteiger partial charge in [-0.2, -0.15) is 0 Å². The molecule has 0 unspecified atom stereocenters. The quantitative estimate of drug-likeness (QED) is 0.446. The number of amides is 1. The fourth-order valence-electron chi connectivity index (χ4n) is 4.90. The molecule has 0 radical (unpaired) electrons. The number of para-hydroxylation sites is 3. The molecule has 0 saturated carbocycles. The van der Waals surface area contributed by atoms with Crippen molar-refractivity contribution in [2.24, 2.45) is 5.92 Å². The van der Waals surface area contributed by atoms with Crippen molar-refractivity contribution in [3.63, 3.8) is 0 Å². The zero-order chi connectivity index (χ0) is 25.7. The summed E-state index contributed by atoms with van der Waals surface area (Å²) in [6.07, 6.45) is 1.21. The maximum atomic E-state index is 13.8. The van der Waals surface area contributed by atoms with E-state index in [4.69, 9.17) is 4.74 Å². The Hall–Kier alpha value is -3.71. The fraction of sp³-hybridized carbons (Fsp3) is 0.310. The molecular weight excluding hydrogens is 459 g/mol. The number of Topliss-reactive ketones (excluding diaryl/α,β-unsaturated/α-hetero) is 1. The number of aliphatic hydroxyl groups is 1. The standard InChI is InChI=1S/C29H31FN2O4/c1-3-32(25-9-4-5-10-26(25)36-2)29(35)24-8-6-7-22(19-33)27(24)31-17-15-21(16-18-31)28(34)20-11-13-23(30)14-12-20/h4-14,21,33H,3,15-19H2,1-2H3. The molecule has 1 N–H and O–H groups in total. The molecule has 36 heavy (non-hydrogen) atoms. The van der Waals surface area contributed by atoms with Gasteiger partial charge in [0, 0.05) is 36.7 Å². The number of hydrogen-bond donors (Lipinski definition) is 1. The molecule has 6 nitrogen and oxygen atoms in total. The van der Waals surface area contributed by atoms with Gasteiger partial charge in [-0.05, 0) is 62.2 Å². The summed E-state index contributed by atoms with van der Waals surface area (Å²) in [6, 6.07) is 18.4. The molecule has 3 aromatic carbocycles. The van der Waals surface area contributed by atoms with Gasteiger partial charge >= 0.3 is 0 Å². The van der Waals surface area contributed by atoms with Crippen LogP contribution in [0.15, 0.2) is 66.7 Å². The van der Waals surface area contributed by atoms with Gasteiger partial charge in [0.25, 0.3) is 5.91 Å². The van der Waals surface area contributed by atoms with E-state index in [0.717, 1.165) is 0 Å². The molecule has 0 aromatic heterocycles. The highest BCUT2D eigenvalue weighted by Gasteiger charge is 2.30. The molecule has 3 aromatic rings. The Morgan fingerprint density at radius 2 is 1.72 bits per heavy atom. The second-order valence-corrected chi connectivity index (χ2v) is 8.83. The Kier molecular flexibility index (Phi) is 8.00. The van der Waals surface area contributed by atoms with E-state index in [1.807, 2.05) is 37.3 Å². The topological polar surface area (TPSA) is 70.1 Å². The molecule has 1 heterocycles. The van der Waals surface area contributed by atoms with Crippen LogP contribution in [0.25, 0.3) is 0 Å². The van der Waals surface area contributed by atoms with Crippen LogP contribution in [0.3, 0.4) is 0 Å². The van der Waals surface area contributed by atoms with Crippen molar-refractivity contribution >= 4 is 23.1 Å². The summed E-state index contributed by atoms with van der Waals surface area (Å²) in [5.74, 6) is -0.111. The Bertz CT molecular complexity index is 1220. The highest BCUT2D eigenvalue weighted by Crippen LogP contribution is 2.35. The van der Waals surface area contributed by atoms with E-state index in [-0.39, 0.29) is 30.0 Å². The molecule has 4 rings (SSSR count). The second-order valence-electron chi connectivity index (χ2n) is 8.83. The number of anilines is 2. The third-order valence-electron chi connectivity index (χ3n) is 6.77. The molecule has 0 atom stereocenters. The summed E-state index contributed by atoms with van der Waals surface area (Å²) < 4.78 is 18.7. The number of piperidine rings is 1. The first-order valence-electron chi connectivity index (χ1n) is 12.2. The van der Waals surface area contributed by atoms with Crippen molar-refractivity contribution in [1.82, 2.24) is 0 Å². The molecule has 188 valence electrons. The highest BCUT2D eigenvalue weighted by atomic mass is 19.1. The van der Waals surface area contributed by atoms with Crippen LogP contribution >= 0.6 is 0 Å². The van der Waals surface area contributed by atoms with Crippen molar-refractivity contribution in [2.75, 3.05) is 36.5 Å². The van der Waals surface area contributed by atoms with Crippen LogP contribution in [0.5, 0.6) is 5.75 Å². The third-order valence-corrected chi connectivity index (χ3v) is 6.77. The first-order valence-corrected chi connectivity index (χ1v) is 12.2. The summed E-state index contributed by atoms with van der Waals surface area (Å²) in [4.78, 5) is 30.5. The number of nitrogens with zero attached hydrogens (tertiary/aromatic N) is 2. The smallest absolute Gasteiger partial charge is 0.260 e. The summed E-state index contributed by atoms with van der Waals surface area (Å²) in [7, 11) is 1.58. The average molecular weight is 491 g/mol.